The Morgan fingerprint density at radius 3 is 2.30 bits per heavy atom. The van der Waals surface area contributed by atoms with E-state index < -0.39 is 0 Å². The summed E-state index contributed by atoms with van der Waals surface area (Å²) >= 11 is 3.31. The van der Waals surface area contributed by atoms with Crippen LogP contribution in [-0.4, -0.2) is 45.3 Å². The number of carbonyl (C=O) groups is 2. The third kappa shape index (κ3) is 6.53. The molecule has 7 heteroatoms. The lowest BCUT2D eigenvalue weighted by Crippen LogP contribution is -2.41. The van der Waals surface area contributed by atoms with Gasteiger partial charge in [-0.15, -0.1) is 0 Å². The first-order valence-electron chi connectivity index (χ1n) is 6.18. The lowest BCUT2D eigenvalue weighted by atomic mass is 10.2. The highest BCUT2D eigenvalue weighted by atomic mass is 79.9. The number of benzene rings is 1. The molecule has 0 saturated carbocycles. The van der Waals surface area contributed by atoms with Crippen LogP contribution in [0, 0.1) is 0 Å². The summed E-state index contributed by atoms with van der Waals surface area (Å²) in [5.74, 6) is -0.168. The van der Waals surface area contributed by atoms with Gasteiger partial charge in [0.1, 0.15) is 0 Å². The monoisotopic (exact) mass is 343 g/mol. The molecule has 0 heterocycles. The molecule has 110 valence electrons. The van der Waals surface area contributed by atoms with Gasteiger partial charge in [0.2, 0.25) is 0 Å². The third-order valence-corrected chi connectivity index (χ3v) is 2.92. The molecule has 0 aliphatic carbocycles. The summed E-state index contributed by atoms with van der Waals surface area (Å²) in [6.07, 6.45) is 0. The van der Waals surface area contributed by atoms with E-state index in [4.69, 9.17) is 4.74 Å². The highest BCUT2D eigenvalue weighted by Gasteiger charge is 2.04. The summed E-state index contributed by atoms with van der Waals surface area (Å²) in [4.78, 5) is 23.0. The van der Waals surface area contributed by atoms with Gasteiger partial charge >= 0.3 is 6.03 Å². The molecule has 1 aromatic rings. The van der Waals surface area contributed by atoms with Gasteiger partial charge in [0.25, 0.3) is 5.91 Å². The largest absolute Gasteiger partial charge is 0.383 e. The fourth-order valence-electron chi connectivity index (χ4n) is 1.38. The molecule has 0 fully saturated rings. The van der Waals surface area contributed by atoms with Crippen LogP contribution >= 0.6 is 15.9 Å². The summed E-state index contributed by atoms with van der Waals surface area (Å²) < 4.78 is 5.72. The van der Waals surface area contributed by atoms with Gasteiger partial charge in [0.15, 0.2) is 0 Å². The predicted molar refractivity (Wildman–Crippen MR) is 79.8 cm³/mol. The molecule has 0 bridgehead atoms. The number of nitrogens with one attached hydrogen (secondary N) is 3. The SMILES string of the molecule is COCCNC(=O)NCCNC(=O)c1ccc(Br)cc1. The first-order valence-corrected chi connectivity index (χ1v) is 6.97. The smallest absolute Gasteiger partial charge is 0.314 e. The van der Waals surface area contributed by atoms with Gasteiger partial charge in [-0.25, -0.2) is 4.79 Å². The average Bonchev–Trinajstić information content (AvgIpc) is 2.44. The van der Waals surface area contributed by atoms with Crippen LogP contribution in [0.2, 0.25) is 0 Å². The van der Waals surface area contributed by atoms with Crippen LogP contribution in [0.25, 0.3) is 0 Å². The molecule has 0 aliphatic heterocycles. The summed E-state index contributed by atoms with van der Waals surface area (Å²) in [6, 6.07) is 6.78. The van der Waals surface area contributed by atoms with Crippen molar-refractivity contribution in [2.24, 2.45) is 0 Å². The van der Waals surface area contributed by atoms with E-state index in [9.17, 15) is 9.59 Å². The second-order valence-electron chi connectivity index (χ2n) is 3.94. The van der Waals surface area contributed by atoms with E-state index in [0.29, 0.717) is 31.8 Å². The third-order valence-electron chi connectivity index (χ3n) is 2.39. The lowest BCUT2D eigenvalue weighted by Gasteiger charge is -2.08. The molecule has 3 amide bonds. The van der Waals surface area contributed by atoms with E-state index in [0.717, 1.165) is 4.47 Å². The Hall–Kier alpha value is -1.60. The number of rotatable bonds is 7. The van der Waals surface area contributed by atoms with Crippen molar-refractivity contribution in [2.75, 3.05) is 33.4 Å². The number of halogens is 1. The van der Waals surface area contributed by atoms with Crippen LogP contribution in [-0.2, 0) is 4.74 Å². The second-order valence-corrected chi connectivity index (χ2v) is 4.85. The maximum absolute atomic E-state index is 11.7. The van der Waals surface area contributed by atoms with Gasteiger partial charge < -0.3 is 20.7 Å². The Balaban J connectivity index is 2.16. The second kappa shape index (κ2) is 9.33. The summed E-state index contributed by atoms with van der Waals surface area (Å²) in [5.41, 5.74) is 0.581. The molecule has 6 nitrogen and oxygen atoms in total. The van der Waals surface area contributed by atoms with Crippen molar-refractivity contribution in [3.05, 3.63) is 34.3 Å². The molecular formula is C13H18BrN3O3. The molecule has 20 heavy (non-hydrogen) atoms. The van der Waals surface area contributed by atoms with Crippen LogP contribution in [0.15, 0.2) is 28.7 Å². The van der Waals surface area contributed by atoms with Crippen LogP contribution in [0.1, 0.15) is 10.4 Å². The van der Waals surface area contributed by atoms with Gasteiger partial charge in [-0.3, -0.25) is 4.79 Å². The van der Waals surface area contributed by atoms with Gasteiger partial charge in [-0.2, -0.15) is 0 Å². The Labute approximate surface area is 126 Å². The van der Waals surface area contributed by atoms with Crippen LogP contribution < -0.4 is 16.0 Å². The van der Waals surface area contributed by atoms with E-state index in [2.05, 4.69) is 31.9 Å². The molecule has 3 N–H and O–H groups in total. The maximum atomic E-state index is 11.7. The van der Waals surface area contributed by atoms with E-state index in [1.54, 1.807) is 31.4 Å². The lowest BCUT2D eigenvalue weighted by molar-refractivity contribution is 0.0954. The van der Waals surface area contributed by atoms with Crippen molar-refractivity contribution in [2.45, 2.75) is 0 Å². The Morgan fingerprint density at radius 2 is 1.65 bits per heavy atom. The zero-order valence-electron chi connectivity index (χ0n) is 11.2. The van der Waals surface area contributed by atoms with E-state index >= 15 is 0 Å². The quantitative estimate of drug-likeness (QED) is 0.649. The summed E-state index contributed by atoms with van der Waals surface area (Å²) in [5, 5.41) is 7.97. The molecule has 0 radical (unpaired) electrons. The molecule has 1 rings (SSSR count). The average molecular weight is 344 g/mol. The number of carbonyl (C=O) groups excluding carboxylic acids is 2. The minimum absolute atomic E-state index is 0.168. The van der Waals surface area contributed by atoms with Gasteiger partial charge in [-0.1, -0.05) is 15.9 Å². The molecule has 0 spiro atoms. The minimum Gasteiger partial charge on any atom is -0.383 e. The first-order chi connectivity index (χ1) is 9.63. The molecule has 1 aromatic carbocycles. The molecule has 0 saturated heterocycles. The first kappa shape index (κ1) is 16.5. The molecule has 0 aliphatic rings. The zero-order valence-corrected chi connectivity index (χ0v) is 12.8. The fourth-order valence-corrected chi connectivity index (χ4v) is 1.65. The number of hydrogen-bond acceptors (Lipinski definition) is 3. The van der Waals surface area contributed by atoms with Crippen molar-refractivity contribution in [3.8, 4) is 0 Å². The predicted octanol–water partition coefficient (Wildman–Crippen LogP) is 1.12. The van der Waals surface area contributed by atoms with Crippen molar-refractivity contribution in [1.29, 1.82) is 0 Å². The number of amides is 3. The van der Waals surface area contributed by atoms with E-state index in [1.807, 2.05) is 0 Å². The molecule has 0 aromatic heterocycles. The Morgan fingerprint density at radius 1 is 1.05 bits per heavy atom. The number of ether oxygens (including phenoxy) is 1. The van der Waals surface area contributed by atoms with Gasteiger partial charge in [-0.05, 0) is 24.3 Å². The Kier molecular flexibility index (Phi) is 7.67. The van der Waals surface area contributed by atoms with Crippen LogP contribution in [0.5, 0.6) is 0 Å². The molecule has 0 atom stereocenters. The summed E-state index contributed by atoms with van der Waals surface area (Å²) in [7, 11) is 1.57. The van der Waals surface area contributed by atoms with Crippen molar-refractivity contribution in [3.63, 3.8) is 0 Å². The van der Waals surface area contributed by atoms with Crippen molar-refractivity contribution in [1.82, 2.24) is 16.0 Å². The topological polar surface area (TPSA) is 79.5 Å². The maximum Gasteiger partial charge on any atom is 0.314 e. The van der Waals surface area contributed by atoms with Gasteiger partial charge in [0, 0.05) is 36.8 Å². The van der Waals surface area contributed by atoms with Gasteiger partial charge in [0.05, 0.1) is 6.61 Å². The van der Waals surface area contributed by atoms with E-state index in [1.165, 1.54) is 0 Å². The van der Waals surface area contributed by atoms with Crippen molar-refractivity contribution < 1.29 is 14.3 Å². The standard InChI is InChI=1S/C13H18BrN3O3/c1-20-9-8-17-13(19)16-7-6-15-12(18)10-2-4-11(14)5-3-10/h2-5H,6-9H2,1H3,(H,15,18)(H2,16,17,19). The highest BCUT2D eigenvalue weighted by Crippen LogP contribution is 2.10. The normalized spacial score (nSPS) is 9.90. The molecule has 0 unspecified atom stereocenters. The minimum atomic E-state index is -0.278. The van der Waals surface area contributed by atoms with E-state index in [-0.39, 0.29) is 11.9 Å². The fraction of sp³-hybridized carbons (Fsp3) is 0.385. The molecular weight excluding hydrogens is 326 g/mol. The Bertz CT molecular complexity index is 437. The van der Waals surface area contributed by atoms with Crippen molar-refractivity contribution >= 4 is 27.9 Å². The number of urea groups is 1. The number of hydrogen-bond donors (Lipinski definition) is 3. The van der Waals surface area contributed by atoms with Crippen LogP contribution in [0.3, 0.4) is 0 Å². The number of methoxy groups -OCH3 is 1. The van der Waals surface area contributed by atoms with Crippen LogP contribution in [0.4, 0.5) is 4.79 Å². The highest BCUT2D eigenvalue weighted by molar-refractivity contribution is 9.10. The zero-order chi connectivity index (χ0) is 14.8. The summed E-state index contributed by atoms with van der Waals surface area (Å²) in [6.45, 7) is 1.65.